The zero-order valence-corrected chi connectivity index (χ0v) is 12.3. The monoisotopic (exact) mass is 222 g/mol. The highest BCUT2D eigenvalue weighted by atomic mass is 14.0. The lowest BCUT2D eigenvalue weighted by Crippen LogP contribution is -1.92. The molecule has 0 heterocycles. The molecular weight excluding hydrogens is 192 g/mol. The van der Waals surface area contributed by atoms with Crippen molar-refractivity contribution in [2.45, 2.75) is 54.9 Å². The van der Waals surface area contributed by atoms with Crippen molar-refractivity contribution < 1.29 is 0 Å². The molecule has 0 rings (SSSR count). The van der Waals surface area contributed by atoms with E-state index in [1.54, 1.807) is 0 Å². The summed E-state index contributed by atoms with van der Waals surface area (Å²) in [5, 5.41) is 0. The lowest BCUT2D eigenvalue weighted by atomic mass is 9.99. The minimum atomic E-state index is 0.545. The van der Waals surface area contributed by atoms with Crippen molar-refractivity contribution in [2.24, 2.45) is 11.8 Å². The van der Waals surface area contributed by atoms with Gasteiger partial charge in [-0.2, -0.15) is 0 Å². The van der Waals surface area contributed by atoms with Crippen molar-refractivity contribution in [3.63, 3.8) is 0 Å². The second kappa shape index (κ2) is 10.7. The van der Waals surface area contributed by atoms with E-state index < -0.39 is 0 Å². The standard InChI is InChI=1S/C14H24.C2H6/c1-7-12(4)14(6)10-8-9-13(5)11(2)3;1-2/h8-12H,5,7H2,1-4,6H3;1-2H3/b9-8-,14-10+;. The molecule has 0 aromatic heterocycles. The van der Waals surface area contributed by atoms with Crippen molar-refractivity contribution in [3.05, 3.63) is 36.0 Å². The smallest absolute Gasteiger partial charge is 0.0225 e. The zero-order chi connectivity index (χ0) is 13.1. The molecule has 1 unspecified atom stereocenters. The summed E-state index contributed by atoms with van der Waals surface area (Å²) in [7, 11) is 0. The van der Waals surface area contributed by atoms with E-state index in [0.29, 0.717) is 11.8 Å². The molecule has 0 saturated carbocycles. The first-order valence-corrected chi connectivity index (χ1v) is 6.52. The molecule has 0 N–H and O–H groups in total. The third-order valence-electron chi connectivity index (χ3n) is 2.80. The summed E-state index contributed by atoms with van der Waals surface area (Å²) in [5.41, 5.74) is 2.64. The second-order valence-electron chi connectivity index (χ2n) is 4.31. The summed E-state index contributed by atoms with van der Waals surface area (Å²) in [4.78, 5) is 0. The lowest BCUT2D eigenvalue weighted by Gasteiger charge is -2.07. The van der Waals surface area contributed by atoms with Crippen LogP contribution < -0.4 is 0 Å². The van der Waals surface area contributed by atoms with Gasteiger partial charge in [0.15, 0.2) is 0 Å². The maximum Gasteiger partial charge on any atom is -0.0225 e. The highest BCUT2D eigenvalue weighted by Crippen LogP contribution is 2.14. The van der Waals surface area contributed by atoms with Gasteiger partial charge in [-0.15, -0.1) is 0 Å². The molecule has 0 aliphatic rings. The van der Waals surface area contributed by atoms with E-state index >= 15 is 0 Å². The van der Waals surface area contributed by atoms with Crippen LogP contribution in [0.3, 0.4) is 0 Å². The van der Waals surface area contributed by atoms with E-state index in [2.05, 4.69) is 59.4 Å². The fourth-order valence-corrected chi connectivity index (χ4v) is 1.00. The molecule has 0 radical (unpaired) electrons. The molecule has 0 aromatic carbocycles. The van der Waals surface area contributed by atoms with E-state index in [9.17, 15) is 0 Å². The minimum absolute atomic E-state index is 0.545. The van der Waals surface area contributed by atoms with Crippen molar-refractivity contribution >= 4 is 0 Å². The van der Waals surface area contributed by atoms with Gasteiger partial charge in [-0.25, -0.2) is 0 Å². The highest BCUT2D eigenvalue weighted by Gasteiger charge is 1.98. The normalized spacial score (nSPS) is 13.6. The first-order chi connectivity index (χ1) is 7.49. The van der Waals surface area contributed by atoms with Crippen LogP contribution in [0.2, 0.25) is 0 Å². The molecular formula is C16H30. The van der Waals surface area contributed by atoms with Gasteiger partial charge in [-0.05, 0) is 25.2 Å². The molecule has 0 amide bonds. The average molecular weight is 222 g/mol. The molecule has 1 atom stereocenters. The lowest BCUT2D eigenvalue weighted by molar-refractivity contribution is 0.655. The number of rotatable bonds is 5. The van der Waals surface area contributed by atoms with Crippen molar-refractivity contribution in [3.8, 4) is 0 Å². The topological polar surface area (TPSA) is 0 Å². The Bertz CT molecular complexity index is 228. The van der Waals surface area contributed by atoms with E-state index in [1.807, 2.05) is 13.8 Å². The van der Waals surface area contributed by atoms with Crippen molar-refractivity contribution in [1.82, 2.24) is 0 Å². The molecule has 0 nitrogen and oxygen atoms in total. The van der Waals surface area contributed by atoms with Crippen LogP contribution in [-0.2, 0) is 0 Å². The van der Waals surface area contributed by atoms with Gasteiger partial charge in [0.25, 0.3) is 0 Å². The molecule has 0 aliphatic heterocycles. The minimum Gasteiger partial charge on any atom is -0.0956 e. The molecule has 0 fully saturated rings. The molecule has 0 aromatic rings. The van der Waals surface area contributed by atoms with Crippen LogP contribution >= 0.6 is 0 Å². The SMILES string of the molecule is C=C(/C=C\C=C(/C)C(C)CC)C(C)C.CC. The summed E-state index contributed by atoms with van der Waals surface area (Å²) >= 11 is 0. The van der Waals surface area contributed by atoms with Crippen LogP contribution in [0.1, 0.15) is 54.9 Å². The van der Waals surface area contributed by atoms with Gasteiger partial charge in [-0.3, -0.25) is 0 Å². The van der Waals surface area contributed by atoms with Crippen LogP contribution in [-0.4, -0.2) is 0 Å². The Morgan fingerprint density at radius 2 is 1.69 bits per heavy atom. The van der Waals surface area contributed by atoms with Gasteiger partial charge >= 0.3 is 0 Å². The summed E-state index contributed by atoms with van der Waals surface area (Å²) in [6.07, 6.45) is 7.63. The Labute approximate surface area is 103 Å². The van der Waals surface area contributed by atoms with Gasteiger partial charge < -0.3 is 0 Å². The maximum atomic E-state index is 4.00. The Balaban J connectivity index is 0. The third kappa shape index (κ3) is 8.52. The van der Waals surface area contributed by atoms with Crippen LogP contribution in [0.15, 0.2) is 36.0 Å². The quantitative estimate of drug-likeness (QED) is 0.518. The zero-order valence-electron chi connectivity index (χ0n) is 12.3. The first kappa shape index (κ1) is 17.6. The summed E-state index contributed by atoms with van der Waals surface area (Å²) in [5.74, 6) is 1.23. The Morgan fingerprint density at radius 1 is 1.19 bits per heavy atom. The number of allylic oxidation sites excluding steroid dienone is 5. The second-order valence-corrected chi connectivity index (χ2v) is 4.31. The van der Waals surface area contributed by atoms with Crippen molar-refractivity contribution in [1.29, 1.82) is 0 Å². The Kier molecular flexibility index (Phi) is 11.8. The van der Waals surface area contributed by atoms with E-state index in [4.69, 9.17) is 0 Å². The molecule has 16 heavy (non-hydrogen) atoms. The Morgan fingerprint density at radius 3 is 2.06 bits per heavy atom. The summed E-state index contributed by atoms with van der Waals surface area (Å²) < 4.78 is 0. The van der Waals surface area contributed by atoms with E-state index in [-0.39, 0.29) is 0 Å². The molecule has 0 saturated heterocycles. The first-order valence-electron chi connectivity index (χ1n) is 6.52. The van der Waals surface area contributed by atoms with Gasteiger partial charge in [0.1, 0.15) is 0 Å². The molecule has 94 valence electrons. The van der Waals surface area contributed by atoms with Crippen LogP contribution in [0.4, 0.5) is 0 Å². The molecule has 0 heteroatoms. The molecule has 0 bridgehead atoms. The van der Waals surface area contributed by atoms with Crippen LogP contribution in [0, 0.1) is 11.8 Å². The summed E-state index contributed by atoms with van der Waals surface area (Å²) in [6, 6.07) is 0. The largest absolute Gasteiger partial charge is 0.0956 e. The number of hydrogen-bond donors (Lipinski definition) is 0. The third-order valence-corrected chi connectivity index (χ3v) is 2.80. The van der Waals surface area contributed by atoms with Crippen LogP contribution in [0.5, 0.6) is 0 Å². The average Bonchev–Trinajstić information content (AvgIpc) is 2.30. The maximum absolute atomic E-state index is 4.00. The molecule has 0 spiro atoms. The predicted molar refractivity (Wildman–Crippen MR) is 77.7 cm³/mol. The van der Waals surface area contributed by atoms with Gasteiger partial charge in [-0.1, -0.05) is 77.5 Å². The van der Waals surface area contributed by atoms with Crippen molar-refractivity contribution in [2.75, 3.05) is 0 Å². The Hall–Kier alpha value is -0.780. The van der Waals surface area contributed by atoms with Gasteiger partial charge in [0.05, 0.1) is 0 Å². The summed E-state index contributed by atoms with van der Waals surface area (Å²) in [6.45, 7) is 19.0. The van der Waals surface area contributed by atoms with Gasteiger partial charge in [0.2, 0.25) is 0 Å². The fourth-order valence-electron chi connectivity index (χ4n) is 1.00. The van der Waals surface area contributed by atoms with Crippen LogP contribution in [0.25, 0.3) is 0 Å². The highest BCUT2D eigenvalue weighted by molar-refractivity contribution is 5.22. The van der Waals surface area contributed by atoms with E-state index in [1.165, 1.54) is 17.6 Å². The number of hydrogen-bond acceptors (Lipinski definition) is 0. The molecule has 0 aliphatic carbocycles. The fraction of sp³-hybridized carbons (Fsp3) is 0.625. The van der Waals surface area contributed by atoms with E-state index in [0.717, 1.165) is 0 Å². The van der Waals surface area contributed by atoms with Gasteiger partial charge in [0, 0.05) is 0 Å². The predicted octanol–water partition coefficient (Wildman–Crippen LogP) is 5.77.